The zero-order valence-electron chi connectivity index (χ0n) is 17.6. The SMILES string of the molecule is CCOC(=O)c1noc2nc(C)n([C@H](CC)C(=O)Nc3ccc(C(C)=O)cc3)c(=O)c12. The Morgan fingerprint density at radius 2 is 1.87 bits per heavy atom. The molecule has 31 heavy (non-hydrogen) atoms. The van der Waals surface area contributed by atoms with E-state index in [0.29, 0.717) is 11.3 Å². The number of rotatable bonds is 7. The minimum Gasteiger partial charge on any atom is -0.461 e. The summed E-state index contributed by atoms with van der Waals surface area (Å²) in [5.41, 5.74) is -0.00751. The standard InChI is InChI=1S/C21H22N4O6/c1-5-15(18(27)23-14-9-7-13(8-10-14)11(3)26)25-12(4)22-19-16(20(25)28)17(24-31-19)21(29)30-6-2/h7-10,15H,5-6H2,1-4H3,(H,23,27)/t15-/m1/s1. The third-order valence-electron chi connectivity index (χ3n) is 4.75. The number of fused-ring (bicyclic) bond motifs is 1. The molecule has 0 bridgehead atoms. The highest BCUT2D eigenvalue weighted by atomic mass is 16.5. The number of amides is 1. The fraction of sp³-hybridized carbons (Fsp3) is 0.333. The molecule has 0 saturated heterocycles. The van der Waals surface area contributed by atoms with Gasteiger partial charge in [-0.25, -0.2) is 4.79 Å². The van der Waals surface area contributed by atoms with Gasteiger partial charge in [-0.1, -0.05) is 12.1 Å². The predicted molar refractivity (Wildman–Crippen MR) is 111 cm³/mol. The first-order valence-electron chi connectivity index (χ1n) is 9.75. The lowest BCUT2D eigenvalue weighted by molar-refractivity contribution is -0.119. The van der Waals surface area contributed by atoms with Gasteiger partial charge in [0, 0.05) is 11.3 Å². The van der Waals surface area contributed by atoms with Crippen molar-refractivity contribution in [2.75, 3.05) is 11.9 Å². The summed E-state index contributed by atoms with van der Waals surface area (Å²) in [6, 6.07) is 5.52. The Morgan fingerprint density at radius 3 is 2.45 bits per heavy atom. The molecule has 0 aliphatic carbocycles. The molecule has 2 heterocycles. The van der Waals surface area contributed by atoms with Gasteiger partial charge in [0.2, 0.25) is 11.6 Å². The average molecular weight is 426 g/mol. The highest BCUT2D eigenvalue weighted by Crippen LogP contribution is 2.20. The molecule has 10 nitrogen and oxygen atoms in total. The minimum atomic E-state index is -0.901. The van der Waals surface area contributed by atoms with Crippen molar-refractivity contribution in [3.8, 4) is 0 Å². The number of nitrogens with one attached hydrogen (secondary N) is 1. The fourth-order valence-corrected chi connectivity index (χ4v) is 3.22. The maximum Gasteiger partial charge on any atom is 0.361 e. The van der Waals surface area contributed by atoms with Crippen LogP contribution in [-0.4, -0.2) is 39.0 Å². The molecule has 0 saturated carbocycles. The van der Waals surface area contributed by atoms with Gasteiger partial charge in [-0.15, -0.1) is 0 Å². The van der Waals surface area contributed by atoms with E-state index in [0.717, 1.165) is 0 Å². The lowest BCUT2D eigenvalue weighted by atomic mass is 10.1. The van der Waals surface area contributed by atoms with Crippen LogP contribution in [0.4, 0.5) is 5.69 Å². The molecule has 3 aromatic rings. The van der Waals surface area contributed by atoms with Crippen molar-refractivity contribution in [3.63, 3.8) is 0 Å². The number of anilines is 1. The molecule has 162 valence electrons. The van der Waals surface area contributed by atoms with Gasteiger partial charge in [0.25, 0.3) is 11.3 Å². The topological polar surface area (TPSA) is 133 Å². The first-order valence-corrected chi connectivity index (χ1v) is 9.75. The Balaban J connectivity index is 2.00. The number of carbonyl (C=O) groups is 3. The van der Waals surface area contributed by atoms with Crippen molar-refractivity contribution in [1.29, 1.82) is 0 Å². The Bertz CT molecular complexity index is 1210. The number of hydrogen-bond acceptors (Lipinski definition) is 8. The quantitative estimate of drug-likeness (QED) is 0.450. The van der Waals surface area contributed by atoms with Crippen LogP contribution in [-0.2, 0) is 9.53 Å². The van der Waals surface area contributed by atoms with Crippen LogP contribution in [0.5, 0.6) is 0 Å². The number of aryl methyl sites for hydroxylation is 1. The van der Waals surface area contributed by atoms with E-state index in [-0.39, 0.29) is 41.4 Å². The number of aromatic nitrogens is 3. The summed E-state index contributed by atoms with van der Waals surface area (Å²) < 4.78 is 11.2. The van der Waals surface area contributed by atoms with Crippen LogP contribution in [0.1, 0.15) is 59.9 Å². The van der Waals surface area contributed by atoms with Crippen LogP contribution in [0.3, 0.4) is 0 Å². The maximum atomic E-state index is 13.2. The van der Waals surface area contributed by atoms with Crippen LogP contribution in [0.25, 0.3) is 11.1 Å². The number of ketones is 1. The second-order valence-corrected chi connectivity index (χ2v) is 6.81. The number of hydrogen-bond donors (Lipinski definition) is 1. The summed E-state index contributed by atoms with van der Waals surface area (Å²) in [4.78, 5) is 53.9. The summed E-state index contributed by atoms with van der Waals surface area (Å²) in [6.07, 6.45) is 0.283. The van der Waals surface area contributed by atoms with Crippen molar-refractivity contribution >= 4 is 34.4 Å². The van der Waals surface area contributed by atoms with Crippen LogP contribution < -0.4 is 10.9 Å². The lowest BCUT2D eigenvalue weighted by Gasteiger charge is -2.19. The van der Waals surface area contributed by atoms with Crippen molar-refractivity contribution < 1.29 is 23.6 Å². The molecule has 1 amide bonds. The number of Topliss-reactive ketones (excluding diaryl/α,β-unsaturated/α-hetero) is 1. The molecule has 0 radical (unpaired) electrons. The predicted octanol–water partition coefficient (Wildman–Crippen LogP) is 2.66. The van der Waals surface area contributed by atoms with Crippen LogP contribution in [0.2, 0.25) is 0 Å². The Hall–Kier alpha value is -3.82. The van der Waals surface area contributed by atoms with E-state index in [9.17, 15) is 19.2 Å². The van der Waals surface area contributed by atoms with E-state index in [2.05, 4.69) is 15.5 Å². The largest absolute Gasteiger partial charge is 0.461 e. The van der Waals surface area contributed by atoms with Crippen LogP contribution >= 0.6 is 0 Å². The van der Waals surface area contributed by atoms with E-state index in [1.807, 2.05) is 0 Å². The number of carbonyl (C=O) groups excluding carboxylic acids is 3. The highest BCUT2D eigenvalue weighted by molar-refractivity contribution is 6.00. The van der Waals surface area contributed by atoms with Gasteiger partial charge in [-0.2, -0.15) is 4.98 Å². The molecule has 0 aliphatic rings. The molecular weight excluding hydrogens is 404 g/mol. The van der Waals surface area contributed by atoms with Gasteiger partial charge < -0.3 is 14.6 Å². The van der Waals surface area contributed by atoms with Gasteiger partial charge in [-0.3, -0.25) is 19.0 Å². The van der Waals surface area contributed by atoms with E-state index in [1.54, 1.807) is 45.0 Å². The third-order valence-corrected chi connectivity index (χ3v) is 4.75. The van der Waals surface area contributed by atoms with Crippen molar-refractivity contribution in [3.05, 3.63) is 51.7 Å². The minimum absolute atomic E-state index is 0.0861. The third kappa shape index (κ3) is 4.23. The zero-order chi connectivity index (χ0) is 22.7. The number of benzene rings is 1. The Kier molecular flexibility index (Phi) is 6.28. The molecule has 10 heteroatoms. The normalized spacial score (nSPS) is 11.9. The van der Waals surface area contributed by atoms with E-state index >= 15 is 0 Å². The summed E-state index contributed by atoms with van der Waals surface area (Å²) in [6.45, 7) is 6.49. The smallest absolute Gasteiger partial charge is 0.361 e. The molecular formula is C21H22N4O6. The van der Waals surface area contributed by atoms with Crippen LogP contribution in [0.15, 0.2) is 33.6 Å². The summed E-state index contributed by atoms with van der Waals surface area (Å²) >= 11 is 0. The van der Waals surface area contributed by atoms with Crippen molar-refractivity contribution in [2.45, 2.75) is 40.2 Å². The number of nitrogens with zero attached hydrogens (tertiary/aromatic N) is 3. The van der Waals surface area contributed by atoms with Crippen molar-refractivity contribution in [2.24, 2.45) is 0 Å². The first-order chi connectivity index (χ1) is 14.8. The number of esters is 1. The van der Waals surface area contributed by atoms with Crippen LogP contribution in [0, 0.1) is 6.92 Å². The van der Waals surface area contributed by atoms with E-state index < -0.39 is 23.5 Å². The first kappa shape index (κ1) is 21.9. The van der Waals surface area contributed by atoms with Gasteiger partial charge in [0.05, 0.1) is 6.61 Å². The van der Waals surface area contributed by atoms with Gasteiger partial charge >= 0.3 is 5.97 Å². The molecule has 0 spiro atoms. The average Bonchev–Trinajstić information content (AvgIpc) is 3.15. The van der Waals surface area contributed by atoms with Gasteiger partial charge in [-0.05, 0) is 51.5 Å². The summed E-state index contributed by atoms with van der Waals surface area (Å²) in [5.74, 6) is -1.10. The molecule has 0 unspecified atom stereocenters. The Morgan fingerprint density at radius 1 is 1.19 bits per heavy atom. The second-order valence-electron chi connectivity index (χ2n) is 6.81. The molecule has 3 rings (SSSR count). The molecule has 1 aromatic carbocycles. The molecule has 1 N–H and O–H groups in total. The lowest BCUT2D eigenvalue weighted by Crippen LogP contribution is -2.35. The molecule has 0 aliphatic heterocycles. The zero-order valence-corrected chi connectivity index (χ0v) is 17.6. The summed E-state index contributed by atoms with van der Waals surface area (Å²) in [5, 5.41) is 6.23. The summed E-state index contributed by atoms with van der Waals surface area (Å²) in [7, 11) is 0. The van der Waals surface area contributed by atoms with Gasteiger partial charge in [0.1, 0.15) is 17.3 Å². The molecule has 2 aromatic heterocycles. The maximum absolute atomic E-state index is 13.2. The fourth-order valence-electron chi connectivity index (χ4n) is 3.22. The monoisotopic (exact) mass is 426 g/mol. The molecule has 1 atom stereocenters. The van der Waals surface area contributed by atoms with E-state index in [4.69, 9.17) is 9.26 Å². The highest BCUT2D eigenvalue weighted by Gasteiger charge is 2.28. The molecule has 0 fully saturated rings. The number of ether oxygens (including phenoxy) is 1. The van der Waals surface area contributed by atoms with E-state index in [1.165, 1.54) is 11.5 Å². The Labute approximate surface area is 177 Å². The van der Waals surface area contributed by atoms with Crippen molar-refractivity contribution in [1.82, 2.24) is 14.7 Å². The van der Waals surface area contributed by atoms with Gasteiger partial charge in [0.15, 0.2) is 5.78 Å². The second kappa shape index (κ2) is 8.90.